The number of nitrogens with zero attached hydrogens (tertiary/aromatic N) is 2. The van der Waals surface area contributed by atoms with Crippen LogP contribution in [0.25, 0.3) is 0 Å². The molecule has 2 aromatic rings. The van der Waals surface area contributed by atoms with E-state index in [1.165, 1.54) is 17.1 Å². The molecule has 0 aromatic heterocycles. The van der Waals surface area contributed by atoms with Crippen LogP contribution in [0.5, 0.6) is 0 Å². The van der Waals surface area contributed by atoms with Gasteiger partial charge in [0.1, 0.15) is 5.82 Å². The highest BCUT2D eigenvalue weighted by molar-refractivity contribution is 6.36. The molecule has 0 unspecified atom stereocenters. The minimum Gasteiger partial charge on any atom is -0.331 e. The van der Waals surface area contributed by atoms with Crippen LogP contribution in [-0.4, -0.2) is 18.8 Å². The zero-order valence-electron chi connectivity index (χ0n) is 11.9. The average molecular weight is 352 g/mol. The molecule has 0 saturated heterocycles. The second kappa shape index (κ2) is 6.56. The number of rotatable bonds is 3. The van der Waals surface area contributed by atoms with E-state index in [-0.39, 0.29) is 11.8 Å². The minimum atomic E-state index is -0.342. The fraction of sp³-hybridized carbons (Fsp3) is 0.125. The monoisotopic (exact) mass is 351 g/mol. The molecular weight excluding hydrogens is 340 g/mol. The Kier molecular flexibility index (Phi) is 4.50. The summed E-state index contributed by atoms with van der Waals surface area (Å²) in [6.07, 6.45) is 2.04. The molecule has 7 heteroatoms. The smallest absolute Gasteiger partial charge is 0.331 e. The first-order valence-electron chi connectivity index (χ1n) is 6.87. The Bertz CT molecular complexity index is 754. The fourth-order valence-electron chi connectivity index (χ4n) is 2.25. The Hall–Kier alpha value is -2.11. The Morgan fingerprint density at radius 3 is 2.43 bits per heavy atom. The molecule has 0 radical (unpaired) electrons. The largest absolute Gasteiger partial charge is 0.342 e. The normalized spacial score (nSPS) is 14.0. The van der Waals surface area contributed by atoms with Crippen LogP contribution in [0.2, 0.25) is 10.0 Å². The van der Waals surface area contributed by atoms with Crippen LogP contribution in [0.1, 0.15) is 11.1 Å². The molecule has 23 heavy (non-hydrogen) atoms. The number of benzene rings is 2. The lowest BCUT2D eigenvalue weighted by Gasteiger charge is -2.22. The van der Waals surface area contributed by atoms with Crippen molar-refractivity contribution in [1.82, 2.24) is 5.32 Å². The summed E-state index contributed by atoms with van der Waals surface area (Å²) in [5.74, 6) is -0.296. The number of nitrogens with one attached hydrogen (secondary N) is 1. The van der Waals surface area contributed by atoms with Gasteiger partial charge in [0.15, 0.2) is 0 Å². The molecule has 0 fully saturated rings. The third-order valence-electron chi connectivity index (χ3n) is 3.40. The molecule has 0 atom stereocenters. The summed E-state index contributed by atoms with van der Waals surface area (Å²) in [5.41, 5.74) is 2.08. The number of amides is 2. The van der Waals surface area contributed by atoms with Crippen LogP contribution < -0.4 is 10.3 Å². The number of hydrogen-bond acceptors (Lipinski definition) is 2. The highest BCUT2D eigenvalue weighted by Gasteiger charge is 2.19. The van der Waals surface area contributed by atoms with Gasteiger partial charge >= 0.3 is 6.03 Å². The maximum Gasteiger partial charge on any atom is 0.342 e. The van der Waals surface area contributed by atoms with E-state index in [0.717, 1.165) is 5.56 Å². The SMILES string of the molecule is O=C1NCC=NN1c1cc(Cl)c(Cc2ccc(F)cc2)c(Cl)c1. The lowest BCUT2D eigenvalue weighted by Crippen LogP contribution is -2.41. The van der Waals surface area contributed by atoms with E-state index >= 15 is 0 Å². The molecule has 0 spiro atoms. The number of halogens is 3. The summed E-state index contributed by atoms with van der Waals surface area (Å²) in [7, 11) is 0. The molecular formula is C16H12Cl2FN3O. The molecule has 0 aliphatic carbocycles. The van der Waals surface area contributed by atoms with Gasteiger partial charge in [-0.2, -0.15) is 10.1 Å². The van der Waals surface area contributed by atoms with Gasteiger partial charge in [-0.05, 0) is 35.4 Å². The Morgan fingerprint density at radius 1 is 1.17 bits per heavy atom. The molecule has 1 N–H and O–H groups in total. The second-order valence-electron chi connectivity index (χ2n) is 4.99. The lowest BCUT2D eigenvalue weighted by molar-refractivity contribution is 0.247. The minimum absolute atomic E-state index is 0.296. The molecule has 2 amide bonds. The summed E-state index contributed by atoms with van der Waals surface area (Å²) in [6, 6.07) is 9.06. The van der Waals surface area contributed by atoms with Crippen LogP contribution in [0.15, 0.2) is 41.5 Å². The molecule has 0 bridgehead atoms. The third-order valence-corrected chi connectivity index (χ3v) is 4.07. The topological polar surface area (TPSA) is 44.7 Å². The van der Waals surface area contributed by atoms with Crippen LogP contribution in [0.4, 0.5) is 14.9 Å². The van der Waals surface area contributed by atoms with Crippen molar-refractivity contribution in [3.8, 4) is 0 Å². The van der Waals surface area contributed by atoms with Gasteiger partial charge in [-0.15, -0.1) is 0 Å². The molecule has 2 aromatic carbocycles. The first-order chi connectivity index (χ1) is 11.0. The van der Waals surface area contributed by atoms with Crippen molar-refractivity contribution in [3.63, 3.8) is 0 Å². The predicted octanol–water partition coefficient (Wildman–Crippen LogP) is 4.24. The van der Waals surface area contributed by atoms with Crippen LogP contribution in [0, 0.1) is 5.82 Å². The summed E-state index contributed by atoms with van der Waals surface area (Å²) < 4.78 is 13.0. The Balaban J connectivity index is 1.91. The maximum absolute atomic E-state index is 13.0. The number of hydrazone groups is 1. The molecule has 1 aliphatic heterocycles. The van der Waals surface area contributed by atoms with E-state index < -0.39 is 0 Å². The number of urea groups is 1. The van der Waals surface area contributed by atoms with E-state index in [1.807, 2.05) is 0 Å². The van der Waals surface area contributed by atoms with Gasteiger partial charge in [0.25, 0.3) is 0 Å². The molecule has 118 valence electrons. The molecule has 0 saturated carbocycles. The van der Waals surface area contributed by atoms with Crippen molar-refractivity contribution >= 4 is 41.1 Å². The quantitative estimate of drug-likeness (QED) is 0.882. The maximum atomic E-state index is 13.0. The first kappa shape index (κ1) is 15.8. The van der Waals surface area contributed by atoms with Gasteiger partial charge in [-0.3, -0.25) is 0 Å². The van der Waals surface area contributed by atoms with Crippen molar-refractivity contribution in [1.29, 1.82) is 0 Å². The van der Waals surface area contributed by atoms with E-state index in [1.54, 1.807) is 30.5 Å². The van der Waals surface area contributed by atoms with Crippen molar-refractivity contribution in [2.75, 3.05) is 11.6 Å². The van der Waals surface area contributed by atoms with Crippen molar-refractivity contribution in [2.24, 2.45) is 5.10 Å². The predicted molar refractivity (Wildman–Crippen MR) is 90.0 cm³/mol. The average Bonchev–Trinajstić information content (AvgIpc) is 2.53. The highest BCUT2D eigenvalue weighted by atomic mass is 35.5. The second-order valence-corrected chi connectivity index (χ2v) is 5.80. The van der Waals surface area contributed by atoms with Crippen LogP contribution >= 0.6 is 23.2 Å². The van der Waals surface area contributed by atoms with Crippen molar-refractivity contribution < 1.29 is 9.18 Å². The number of carbonyl (C=O) groups excluding carboxylic acids is 1. The van der Waals surface area contributed by atoms with Crippen LogP contribution in [-0.2, 0) is 6.42 Å². The van der Waals surface area contributed by atoms with Crippen molar-refractivity contribution in [2.45, 2.75) is 6.42 Å². The highest BCUT2D eigenvalue weighted by Crippen LogP contribution is 2.33. The summed E-state index contributed by atoms with van der Waals surface area (Å²) in [6.45, 7) is 0.388. The lowest BCUT2D eigenvalue weighted by atomic mass is 10.0. The molecule has 3 rings (SSSR count). The summed E-state index contributed by atoms with van der Waals surface area (Å²) >= 11 is 12.6. The van der Waals surface area contributed by atoms with Gasteiger partial charge < -0.3 is 5.32 Å². The van der Waals surface area contributed by atoms with Gasteiger partial charge in [0.05, 0.1) is 12.2 Å². The van der Waals surface area contributed by atoms with E-state index in [9.17, 15) is 9.18 Å². The Labute approximate surface area is 142 Å². The zero-order chi connectivity index (χ0) is 16.4. The fourth-order valence-corrected chi connectivity index (χ4v) is 2.86. The molecule has 1 aliphatic rings. The molecule has 4 nitrogen and oxygen atoms in total. The number of anilines is 1. The van der Waals surface area contributed by atoms with E-state index in [2.05, 4.69) is 10.4 Å². The van der Waals surface area contributed by atoms with Gasteiger partial charge in [0.2, 0.25) is 0 Å². The van der Waals surface area contributed by atoms with Crippen molar-refractivity contribution in [3.05, 3.63) is 63.4 Å². The zero-order valence-corrected chi connectivity index (χ0v) is 13.4. The van der Waals surface area contributed by atoms with E-state index in [0.29, 0.717) is 34.3 Å². The third kappa shape index (κ3) is 3.46. The van der Waals surface area contributed by atoms with Gasteiger partial charge in [0, 0.05) is 22.7 Å². The summed E-state index contributed by atoms with van der Waals surface area (Å²) in [4.78, 5) is 11.8. The summed E-state index contributed by atoms with van der Waals surface area (Å²) in [5, 5.41) is 8.71. The number of hydrogen-bond donors (Lipinski definition) is 1. The van der Waals surface area contributed by atoms with Gasteiger partial charge in [-0.25, -0.2) is 9.18 Å². The van der Waals surface area contributed by atoms with Gasteiger partial charge in [-0.1, -0.05) is 35.3 Å². The van der Waals surface area contributed by atoms with Crippen LogP contribution in [0.3, 0.4) is 0 Å². The Morgan fingerprint density at radius 2 is 1.83 bits per heavy atom. The first-order valence-corrected chi connectivity index (χ1v) is 7.63. The number of carbonyl (C=O) groups is 1. The molecule has 1 heterocycles. The standard InChI is InChI=1S/C16H12Cl2FN3O/c17-14-8-12(22-16(23)20-5-6-21-22)9-15(18)13(14)7-10-1-3-11(19)4-2-10/h1-4,6,8-9H,5,7H2,(H,20,23). The van der Waals surface area contributed by atoms with E-state index in [4.69, 9.17) is 23.2 Å².